The quantitative estimate of drug-likeness (QED) is 0.345. The van der Waals surface area contributed by atoms with Gasteiger partial charge < -0.3 is 9.90 Å². The Bertz CT molecular complexity index is 734. The van der Waals surface area contributed by atoms with Crippen LogP contribution in [0, 0.1) is 10.1 Å². The first-order chi connectivity index (χ1) is 10.3. The molecule has 0 aromatic heterocycles. The van der Waals surface area contributed by atoms with E-state index in [1.54, 1.807) is 0 Å². The van der Waals surface area contributed by atoms with Crippen molar-refractivity contribution in [2.24, 2.45) is 0 Å². The minimum absolute atomic E-state index is 0.0713. The molecule has 0 radical (unpaired) electrons. The van der Waals surface area contributed by atoms with E-state index in [1.807, 2.05) is 0 Å². The van der Waals surface area contributed by atoms with Crippen LogP contribution in [0.4, 0.5) is 5.69 Å². The summed E-state index contributed by atoms with van der Waals surface area (Å²) in [7, 11) is 0. The molecule has 1 aromatic rings. The topological polar surface area (TPSA) is 104 Å². The Kier molecular flexibility index (Phi) is 4.79. The Labute approximate surface area is 138 Å². The van der Waals surface area contributed by atoms with E-state index in [1.165, 1.54) is 24.3 Å². The number of hydrogen-bond acceptors (Lipinski definition) is 7. The van der Waals surface area contributed by atoms with Crippen molar-refractivity contribution in [1.82, 2.24) is 4.90 Å². The number of carbonyl (C=O) groups is 2. The van der Waals surface area contributed by atoms with E-state index < -0.39 is 23.3 Å². The number of non-ortho nitro benzene ring substituents is 1. The number of hydrogen-bond donors (Lipinski definition) is 0. The lowest BCUT2D eigenvalue weighted by molar-refractivity contribution is -0.384. The predicted octanol–water partition coefficient (Wildman–Crippen LogP) is 1.20. The lowest BCUT2D eigenvalue weighted by Crippen LogP contribution is -2.40. The molecule has 114 valence electrons. The summed E-state index contributed by atoms with van der Waals surface area (Å²) in [6, 6.07) is 3.79. The van der Waals surface area contributed by atoms with Crippen LogP contribution in [-0.4, -0.2) is 32.6 Å². The Hall–Kier alpha value is -1.97. The minimum Gasteiger partial charge on any atom is -0.548 e. The number of halogens is 1. The van der Waals surface area contributed by atoms with Crippen molar-refractivity contribution in [3.63, 3.8) is 0 Å². The lowest BCUT2D eigenvalue weighted by Gasteiger charge is -2.14. The predicted molar refractivity (Wildman–Crippen MR) is 83.0 cm³/mol. The molecule has 0 N–H and O–H groups in total. The number of carbonyl (C=O) groups excluding carboxylic acids is 2. The summed E-state index contributed by atoms with van der Waals surface area (Å²) >= 11 is 11.8. The van der Waals surface area contributed by atoms with E-state index in [0.717, 1.165) is 16.7 Å². The number of aliphatic carboxylic acids is 1. The van der Waals surface area contributed by atoms with Gasteiger partial charge in [-0.3, -0.25) is 19.8 Å². The summed E-state index contributed by atoms with van der Waals surface area (Å²) in [5.41, 5.74) is 0.0886. The number of rotatable bonds is 4. The Morgan fingerprint density at radius 2 is 2.18 bits per heavy atom. The third-order valence-electron chi connectivity index (χ3n) is 2.64. The molecule has 1 saturated heterocycles. The zero-order chi connectivity index (χ0) is 16.4. The second kappa shape index (κ2) is 6.42. The van der Waals surface area contributed by atoms with Crippen LogP contribution >= 0.6 is 35.6 Å². The summed E-state index contributed by atoms with van der Waals surface area (Å²) in [6.45, 7) is -0.648. The Morgan fingerprint density at radius 3 is 2.77 bits per heavy atom. The number of thioether (sulfide) groups is 1. The molecule has 0 atom stereocenters. The van der Waals surface area contributed by atoms with Crippen molar-refractivity contribution in [3.05, 3.63) is 43.8 Å². The molecule has 0 spiro atoms. The molecule has 22 heavy (non-hydrogen) atoms. The molecule has 1 amide bonds. The van der Waals surface area contributed by atoms with Crippen molar-refractivity contribution >= 4 is 63.5 Å². The highest BCUT2D eigenvalue weighted by atomic mass is 35.5. The molecule has 1 aliphatic rings. The lowest BCUT2D eigenvalue weighted by atomic mass is 10.2. The third-order valence-corrected chi connectivity index (χ3v) is 4.36. The normalized spacial score (nSPS) is 16.4. The second-order valence-electron chi connectivity index (χ2n) is 4.10. The van der Waals surface area contributed by atoms with Gasteiger partial charge in [-0.2, -0.15) is 0 Å². The number of nitro groups is 1. The van der Waals surface area contributed by atoms with Crippen molar-refractivity contribution in [1.29, 1.82) is 0 Å². The molecule has 10 heteroatoms. The molecular weight excluding hydrogens is 352 g/mol. The molecule has 1 aromatic carbocycles. The highest BCUT2D eigenvalue weighted by molar-refractivity contribution is 8.26. The number of nitro benzene ring substituents is 1. The van der Waals surface area contributed by atoms with E-state index in [-0.39, 0.29) is 25.5 Å². The number of nitrogens with zero attached hydrogens (tertiary/aromatic N) is 2. The van der Waals surface area contributed by atoms with Gasteiger partial charge in [0, 0.05) is 22.7 Å². The molecule has 1 fully saturated rings. The van der Waals surface area contributed by atoms with Crippen LogP contribution in [0.1, 0.15) is 5.56 Å². The number of benzene rings is 1. The smallest absolute Gasteiger partial charge is 0.270 e. The van der Waals surface area contributed by atoms with Gasteiger partial charge in [0.15, 0.2) is 0 Å². The van der Waals surface area contributed by atoms with Crippen molar-refractivity contribution in [2.75, 3.05) is 6.54 Å². The van der Waals surface area contributed by atoms with Gasteiger partial charge in [0.05, 0.1) is 22.3 Å². The summed E-state index contributed by atoms with van der Waals surface area (Å²) in [4.78, 5) is 33.8. The largest absolute Gasteiger partial charge is 0.548 e. The van der Waals surface area contributed by atoms with Gasteiger partial charge in [0.25, 0.3) is 11.6 Å². The van der Waals surface area contributed by atoms with Crippen LogP contribution in [0.3, 0.4) is 0 Å². The number of amides is 1. The zero-order valence-electron chi connectivity index (χ0n) is 10.6. The number of carboxylic acid groups (broad SMARTS) is 1. The average molecular weight is 358 g/mol. The van der Waals surface area contributed by atoms with Gasteiger partial charge in [0.2, 0.25) is 0 Å². The second-order valence-corrected chi connectivity index (χ2v) is 6.19. The fraction of sp³-hybridized carbons (Fsp3) is 0.0833. The Balaban J connectivity index is 2.36. The van der Waals surface area contributed by atoms with Crippen molar-refractivity contribution in [2.45, 2.75) is 0 Å². The highest BCUT2D eigenvalue weighted by Gasteiger charge is 2.32. The molecule has 0 unspecified atom stereocenters. The molecule has 7 nitrogen and oxygen atoms in total. The summed E-state index contributed by atoms with van der Waals surface area (Å²) in [5, 5.41) is 21.6. The van der Waals surface area contributed by atoms with Gasteiger partial charge >= 0.3 is 0 Å². The SMILES string of the molecule is O=C([O-])CN1C(=O)/C(=C/c2cc([N+](=O)[O-])ccc2Cl)SC1=S. The monoisotopic (exact) mass is 357 g/mol. The van der Waals surface area contributed by atoms with E-state index in [4.69, 9.17) is 23.8 Å². The molecule has 2 rings (SSSR count). The molecule has 0 bridgehead atoms. The fourth-order valence-corrected chi connectivity index (χ4v) is 3.08. The van der Waals surface area contributed by atoms with E-state index in [0.29, 0.717) is 0 Å². The van der Waals surface area contributed by atoms with Crippen LogP contribution in [0.25, 0.3) is 6.08 Å². The first-order valence-electron chi connectivity index (χ1n) is 5.68. The fourth-order valence-electron chi connectivity index (χ4n) is 1.66. The molecule has 1 aliphatic heterocycles. The van der Waals surface area contributed by atoms with Crippen LogP contribution in [0.15, 0.2) is 23.1 Å². The Morgan fingerprint density at radius 1 is 1.50 bits per heavy atom. The molecule has 0 aliphatic carbocycles. The van der Waals surface area contributed by atoms with Gasteiger partial charge in [-0.25, -0.2) is 0 Å². The number of carboxylic acids is 1. The molecule has 1 heterocycles. The maximum atomic E-state index is 12.1. The van der Waals surface area contributed by atoms with E-state index >= 15 is 0 Å². The van der Waals surface area contributed by atoms with Gasteiger partial charge in [-0.1, -0.05) is 35.6 Å². The first kappa shape index (κ1) is 16.4. The van der Waals surface area contributed by atoms with Crippen LogP contribution in [0.2, 0.25) is 5.02 Å². The summed E-state index contributed by atoms with van der Waals surface area (Å²) in [5.74, 6) is -2.05. The zero-order valence-corrected chi connectivity index (χ0v) is 13.0. The van der Waals surface area contributed by atoms with Gasteiger partial charge in [-0.05, 0) is 12.1 Å². The van der Waals surface area contributed by atoms with Gasteiger partial charge in [-0.15, -0.1) is 0 Å². The molecular formula is C12H6ClN2O5S2-. The maximum absolute atomic E-state index is 12.1. The minimum atomic E-state index is -1.44. The first-order valence-corrected chi connectivity index (χ1v) is 7.29. The van der Waals surface area contributed by atoms with Crippen LogP contribution in [0.5, 0.6) is 0 Å². The van der Waals surface area contributed by atoms with Crippen LogP contribution < -0.4 is 5.11 Å². The van der Waals surface area contributed by atoms with Crippen LogP contribution in [-0.2, 0) is 9.59 Å². The van der Waals surface area contributed by atoms with Crippen molar-refractivity contribution in [3.8, 4) is 0 Å². The third kappa shape index (κ3) is 3.43. The summed E-state index contributed by atoms with van der Waals surface area (Å²) in [6.07, 6.45) is 1.34. The standard InChI is InChI=1S/C12H7ClN2O5S2/c13-8-2-1-7(15(19)20)3-6(8)4-9-11(18)14(5-10(16)17)12(21)22-9/h1-4H,5H2,(H,16,17)/p-1/b9-4-. The molecule has 0 saturated carbocycles. The van der Waals surface area contributed by atoms with E-state index in [9.17, 15) is 24.8 Å². The van der Waals surface area contributed by atoms with Crippen molar-refractivity contribution < 1.29 is 19.6 Å². The number of thiocarbonyl (C=S) groups is 1. The van der Waals surface area contributed by atoms with Gasteiger partial charge in [0.1, 0.15) is 4.32 Å². The van der Waals surface area contributed by atoms with E-state index in [2.05, 4.69) is 0 Å². The highest BCUT2D eigenvalue weighted by Crippen LogP contribution is 2.34. The summed E-state index contributed by atoms with van der Waals surface area (Å²) < 4.78 is 0.0713. The maximum Gasteiger partial charge on any atom is 0.270 e. The average Bonchev–Trinajstić information content (AvgIpc) is 2.68.